The van der Waals surface area contributed by atoms with Crippen molar-refractivity contribution < 1.29 is 0 Å². The Hall–Kier alpha value is -7.72. The van der Waals surface area contributed by atoms with Crippen molar-refractivity contribution in [3.05, 3.63) is 253 Å². The summed E-state index contributed by atoms with van der Waals surface area (Å²) in [5.74, 6) is 0.701. The van der Waals surface area contributed by atoms with Gasteiger partial charge in [-0.1, -0.05) is 212 Å². The summed E-state index contributed by atoms with van der Waals surface area (Å²) in [5.41, 5.74) is 16.7. The van der Waals surface area contributed by atoms with Crippen molar-refractivity contribution in [3.63, 3.8) is 0 Å². The molecule has 3 heteroatoms. The van der Waals surface area contributed by atoms with E-state index in [1.807, 2.05) is 17.4 Å². The van der Waals surface area contributed by atoms with Gasteiger partial charge >= 0.3 is 0 Å². The molecule has 0 N–H and O–H groups in total. The third kappa shape index (κ3) is 5.78. The molecule has 2 nitrogen and oxygen atoms in total. The highest BCUT2D eigenvalue weighted by molar-refractivity contribution is 7.26. The Morgan fingerprint density at radius 1 is 0.339 bits per heavy atom. The van der Waals surface area contributed by atoms with Gasteiger partial charge in [0.1, 0.15) is 0 Å². The van der Waals surface area contributed by atoms with Gasteiger partial charge in [0.05, 0.1) is 16.8 Å². The van der Waals surface area contributed by atoms with Crippen molar-refractivity contribution in [2.75, 3.05) is 0 Å². The molecule has 0 atom stereocenters. The van der Waals surface area contributed by atoms with E-state index in [9.17, 15) is 0 Å². The molecule has 62 heavy (non-hydrogen) atoms. The molecule has 0 saturated heterocycles. The molecule has 9 aromatic carbocycles. The Labute approximate surface area is 365 Å². The topological polar surface area (TPSA) is 25.8 Å². The lowest BCUT2D eigenvalue weighted by Crippen LogP contribution is -2.28. The molecule has 0 aliphatic heterocycles. The molecule has 12 rings (SSSR count). The molecule has 0 amide bonds. The molecule has 0 unspecified atom stereocenters. The predicted octanol–water partition coefficient (Wildman–Crippen LogP) is 15.5. The first kappa shape index (κ1) is 36.2. The summed E-state index contributed by atoms with van der Waals surface area (Å²) in [6.45, 7) is 0. The van der Waals surface area contributed by atoms with Crippen molar-refractivity contribution >= 4 is 31.5 Å². The second-order valence-corrected chi connectivity index (χ2v) is 17.1. The number of rotatable bonds is 7. The largest absolute Gasteiger partial charge is 0.228 e. The number of aromatic nitrogens is 2. The van der Waals surface area contributed by atoms with Crippen molar-refractivity contribution in [2.45, 2.75) is 5.41 Å². The van der Waals surface area contributed by atoms with E-state index in [0.29, 0.717) is 5.82 Å². The van der Waals surface area contributed by atoms with Crippen LogP contribution < -0.4 is 0 Å². The van der Waals surface area contributed by atoms with Crippen molar-refractivity contribution in [2.24, 2.45) is 0 Å². The van der Waals surface area contributed by atoms with Gasteiger partial charge in [-0.05, 0) is 73.8 Å². The van der Waals surface area contributed by atoms with Crippen LogP contribution in [0, 0.1) is 0 Å². The summed E-state index contributed by atoms with van der Waals surface area (Å²) in [4.78, 5) is 10.6. The van der Waals surface area contributed by atoms with E-state index in [2.05, 4.69) is 224 Å². The van der Waals surface area contributed by atoms with E-state index in [0.717, 1.165) is 33.6 Å². The Kier molecular flexibility index (Phi) is 8.62. The molecule has 1 aliphatic rings. The lowest BCUT2D eigenvalue weighted by atomic mass is 9.67. The van der Waals surface area contributed by atoms with E-state index in [4.69, 9.17) is 9.97 Å². The molecule has 2 aromatic heterocycles. The quantitative estimate of drug-likeness (QED) is 0.160. The molecule has 0 saturated carbocycles. The lowest BCUT2D eigenvalue weighted by Gasteiger charge is -2.33. The fourth-order valence-corrected chi connectivity index (χ4v) is 11.1. The Morgan fingerprint density at radius 2 is 0.887 bits per heavy atom. The standard InChI is InChI=1S/C59H38N2S/c1-4-17-41(18-5-1)58-60-53(40-35-33-39(34-36-40)42-19-14-20-43(37-42)46-27-15-28-48-47-25-11-13-32-55(47)62-57(46)48)38-54(61-58)50-29-16-31-52-56(50)49-26-10-12-30-51(49)59(52,44-21-6-2-7-22-44)45-23-8-3-9-24-45/h1-38H. The number of benzene rings is 9. The first-order chi connectivity index (χ1) is 30.7. The van der Waals surface area contributed by atoms with Gasteiger partial charge in [-0.15, -0.1) is 11.3 Å². The van der Waals surface area contributed by atoms with Crippen molar-refractivity contribution in [3.8, 4) is 67.3 Å². The van der Waals surface area contributed by atoms with Crippen LogP contribution in [-0.4, -0.2) is 9.97 Å². The van der Waals surface area contributed by atoms with E-state index in [1.165, 1.54) is 70.2 Å². The van der Waals surface area contributed by atoms with Crippen molar-refractivity contribution in [1.82, 2.24) is 9.97 Å². The van der Waals surface area contributed by atoms with Gasteiger partial charge in [0.15, 0.2) is 5.82 Å². The van der Waals surface area contributed by atoms with E-state index in [-0.39, 0.29) is 0 Å². The van der Waals surface area contributed by atoms with Gasteiger partial charge in [-0.2, -0.15) is 0 Å². The minimum atomic E-state index is -0.500. The lowest BCUT2D eigenvalue weighted by molar-refractivity contribution is 0.768. The van der Waals surface area contributed by atoms with Crippen LogP contribution in [0.15, 0.2) is 231 Å². The van der Waals surface area contributed by atoms with E-state index >= 15 is 0 Å². The highest BCUT2D eigenvalue weighted by Crippen LogP contribution is 2.58. The zero-order chi connectivity index (χ0) is 41.0. The molecular weight excluding hydrogens is 769 g/mol. The molecule has 0 fully saturated rings. The molecule has 0 spiro atoms. The molecule has 11 aromatic rings. The number of hydrogen-bond acceptors (Lipinski definition) is 3. The van der Waals surface area contributed by atoms with Gasteiger partial charge in [0.25, 0.3) is 0 Å². The number of hydrogen-bond donors (Lipinski definition) is 0. The van der Waals surface area contributed by atoms with Crippen LogP contribution in [0.1, 0.15) is 22.3 Å². The minimum Gasteiger partial charge on any atom is -0.228 e. The van der Waals surface area contributed by atoms with E-state index < -0.39 is 5.41 Å². The summed E-state index contributed by atoms with van der Waals surface area (Å²) < 4.78 is 2.65. The van der Waals surface area contributed by atoms with Crippen LogP contribution >= 0.6 is 11.3 Å². The zero-order valence-electron chi connectivity index (χ0n) is 33.7. The zero-order valence-corrected chi connectivity index (χ0v) is 34.6. The van der Waals surface area contributed by atoms with Gasteiger partial charge in [-0.25, -0.2) is 9.97 Å². The first-order valence-corrected chi connectivity index (χ1v) is 22.0. The molecule has 0 radical (unpaired) electrons. The third-order valence-electron chi connectivity index (χ3n) is 12.6. The minimum absolute atomic E-state index is 0.500. The molecule has 290 valence electrons. The predicted molar refractivity (Wildman–Crippen MR) is 259 cm³/mol. The summed E-state index contributed by atoms with van der Waals surface area (Å²) in [5, 5.41) is 2.63. The summed E-state index contributed by atoms with van der Waals surface area (Å²) in [6, 6.07) is 83.3. The highest BCUT2D eigenvalue weighted by atomic mass is 32.1. The summed E-state index contributed by atoms with van der Waals surface area (Å²) in [6.07, 6.45) is 0. The maximum Gasteiger partial charge on any atom is 0.160 e. The number of thiophene rings is 1. The normalized spacial score (nSPS) is 12.6. The Morgan fingerprint density at radius 3 is 1.68 bits per heavy atom. The van der Waals surface area contributed by atoms with Crippen LogP contribution in [0.5, 0.6) is 0 Å². The summed E-state index contributed by atoms with van der Waals surface area (Å²) >= 11 is 1.87. The average molecular weight is 807 g/mol. The maximum absolute atomic E-state index is 5.37. The third-order valence-corrected chi connectivity index (χ3v) is 13.8. The summed E-state index contributed by atoms with van der Waals surface area (Å²) in [7, 11) is 0. The fourth-order valence-electron chi connectivity index (χ4n) is 9.83. The van der Waals surface area contributed by atoms with Crippen LogP contribution in [0.3, 0.4) is 0 Å². The molecular formula is C59H38N2S. The monoisotopic (exact) mass is 806 g/mol. The number of fused-ring (bicyclic) bond motifs is 6. The average Bonchev–Trinajstić information content (AvgIpc) is 3.89. The van der Waals surface area contributed by atoms with Gasteiger partial charge in [0, 0.05) is 36.9 Å². The van der Waals surface area contributed by atoms with E-state index in [1.54, 1.807) is 0 Å². The van der Waals surface area contributed by atoms with Crippen LogP contribution in [-0.2, 0) is 5.41 Å². The Bertz CT molecular complexity index is 3400. The maximum atomic E-state index is 5.37. The van der Waals surface area contributed by atoms with Crippen LogP contribution in [0.2, 0.25) is 0 Å². The van der Waals surface area contributed by atoms with Gasteiger partial charge < -0.3 is 0 Å². The second-order valence-electron chi connectivity index (χ2n) is 16.0. The Balaban J connectivity index is 0.989. The number of nitrogens with zero attached hydrogens (tertiary/aromatic N) is 2. The van der Waals surface area contributed by atoms with Gasteiger partial charge in [-0.3, -0.25) is 0 Å². The molecule has 0 bridgehead atoms. The molecule has 1 aliphatic carbocycles. The smallest absolute Gasteiger partial charge is 0.160 e. The van der Waals surface area contributed by atoms with Crippen LogP contribution in [0.4, 0.5) is 0 Å². The highest BCUT2D eigenvalue weighted by Gasteiger charge is 2.46. The van der Waals surface area contributed by atoms with Crippen molar-refractivity contribution in [1.29, 1.82) is 0 Å². The fraction of sp³-hybridized carbons (Fsp3) is 0.0169. The first-order valence-electron chi connectivity index (χ1n) is 21.1. The SMILES string of the molecule is c1ccc(-c2nc(-c3ccc(-c4cccc(-c5cccc6c5sc5ccccc56)c4)cc3)cc(-c3cccc4c3-c3ccccc3C4(c3ccccc3)c3ccccc3)n2)cc1. The second kappa shape index (κ2) is 14.8. The molecule has 2 heterocycles. The van der Waals surface area contributed by atoms with Gasteiger partial charge in [0.2, 0.25) is 0 Å². The van der Waals surface area contributed by atoms with Crippen LogP contribution in [0.25, 0.3) is 87.5 Å².